The number of fused-ring (bicyclic) bond motifs is 1. The Morgan fingerprint density at radius 3 is 2.09 bits per heavy atom. The molecule has 3 atom stereocenters. The average Bonchev–Trinajstić information content (AvgIpc) is 3.16. The van der Waals surface area contributed by atoms with Gasteiger partial charge in [-0.3, -0.25) is 4.90 Å². The van der Waals surface area contributed by atoms with Gasteiger partial charge in [0.15, 0.2) is 0 Å². The Bertz CT molecular complexity index is 1980. The lowest BCUT2D eigenvalue weighted by molar-refractivity contribution is -0.143. The van der Waals surface area contributed by atoms with E-state index in [1.807, 2.05) is 35.2 Å². The van der Waals surface area contributed by atoms with E-state index in [0.717, 1.165) is 10.5 Å². The first-order valence-corrected chi connectivity index (χ1v) is 17.3. The third-order valence-electron chi connectivity index (χ3n) is 10.1. The van der Waals surface area contributed by atoms with Gasteiger partial charge in [0.25, 0.3) is 0 Å². The molecule has 6 rings (SSSR count). The fourth-order valence-electron chi connectivity index (χ4n) is 7.21. The van der Waals surface area contributed by atoms with Gasteiger partial charge in [-0.05, 0) is 65.9 Å². The van der Waals surface area contributed by atoms with Crippen molar-refractivity contribution in [2.24, 2.45) is 5.73 Å². The summed E-state index contributed by atoms with van der Waals surface area (Å²) in [5.74, 6) is -2.23. The second-order valence-corrected chi connectivity index (χ2v) is 13.4. The molecule has 2 amide bonds. The molecule has 0 saturated carbocycles. The first-order chi connectivity index (χ1) is 26.0. The molecule has 1 fully saturated rings. The Morgan fingerprint density at radius 1 is 0.927 bits per heavy atom. The highest BCUT2D eigenvalue weighted by molar-refractivity contribution is 5.90. The SMILES string of the molecule is CC[C@]1(N)C[C@@H](C(c2cc(C(F)(F)F)cc(C(F)(F)F)c2)c2ncc(N3CCN(C(=O)OCc4ccccc4)CC3)cn2)c2cc(OC)ccc2N1C(=O)O. The molecule has 3 aromatic carbocycles. The number of nitrogens with two attached hydrogens (primary N) is 1. The highest BCUT2D eigenvalue weighted by Crippen LogP contribution is 2.52. The fourth-order valence-corrected chi connectivity index (χ4v) is 7.21. The zero-order valence-corrected chi connectivity index (χ0v) is 29.8. The van der Waals surface area contributed by atoms with E-state index in [0.29, 0.717) is 44.0 Å². The van der Waals surface area contributed by atoms with Crippen LogP contribution in [0.5, 0.6) is 5.75 Å². The van der Waals surface area contributed by atoms with E-state index in [9.17, 15) is 41.0 Å². The lowest BCUT2D eigenvalue weighted by Gasteiger charge is -2.48. The monoisotopic (exact) mass is 772 g/mol. The van der Waals surface area contributed by atoms with Crippen LogP contribution in [0.1, 0.15) is 65.2 Å². The van der Waals surface area contributed by atoms with Crippen molar-refractivity contribution in [3.8, 4) is 5.75 Å². The van der Waals surface area contributed by atoms with Gasteiger partial charge in [-0.15, -0.1) is 0 Å². The van der Waals surface area contributed by atoms with Crippen LogP contribution in [-0.2, 0) is 23.7 Å². The van der Waals surface area contributed by atoms with Crippen molar-refractivity contribution in [2.45, 2.75) is 56.2 Å². The molecule has 2 aliphatic rings. The van der Waals surface area contributed by atoms with Crippen molar-refractivity contribution in [2.75, 3.05) is 43.1 Å². The summed E-state index contributed by atoms with van der Waals surface area (Å²) in [6, 6.07) is 15.0. The molecule has 3 heterocycles. The number of carboxylic acid groups (broad SMARTS) is 1. The van der Waals surface area contributed by atoms with Crippen LogP contribution in [-0.4, -0.2) is 71.1 Å². The first kappa shape index (κ1) is 39.1. The summed E-state index contributed by atoms with van der Waals surface area (Å²) in [4.78, 5) is 38.8. The lowest BCUT2D eigenvalue weighted by atomic mass is 9.71. The minimum atomic E-state index is -5.14. The molecule has 1 aromatic heterocycles. The second kappa shape index (κ2) is 15.3. The number of halogens is 6. The quantitative estimate of drug-likeness (QED) is 0.172. The largest absolute Gasteiger partial charge is 0.497 e. The topological polar surface area (TPSA) is 134 Å². The van der Waals surface area contributed by atoms with Crippen LogP contribution in [0.3, 0.4) is 0 Å². The summed E-state index contributed by atoms with van der Waals surface area (Å²) in [7, 11) is 1.36. The van der Waals surface area contributed by atoms with E-state index in [2.05, 4.69) is 9.97 Å². The Hall–Kier alpha value is -5.58. The van der Waals surface area contributed by atoms with Crippen LogP contribution < -0.4 is 20.3 Å². The molecule has 0 radical (unpaired) electrons. The molecule has 17 heteroatoms. The Balaban J connectivity index is 1.38. The van der Waals surface area contributed by atoms with Gasteiger partial charge in [-0.25, -0.2) is 19.6 Å². The first-order valence-electron chi connectivity index (χ1n) is 17.3. The van der Waals surface area contributed by atoms with Gasteiger partial charge >= 0.3 is 24.5 Å². The number of benzene rings is 3. The number of amides is 2. The van der Waals surface area contributed by atoms with Crippen LogP contribution in [0.15, 0.2) is 79.1 Å². The van der Waals surface area contributed by atoms with Crippen LogP contribution in [0.2, 0.25) is 0 Å². The number of aromatic nitrogens is 2. The van der Waals surface area contributed by atoms with E-state index in [1.54, 1.807) is 11.8 Å². The van der Waals surface area contributed by atoms with E-state index in [-0.39, 0.29) is 48.3 Å². The summed E-state index contributed by atoms with van der Waals surface area (Å²) < 4.78 is 96.1. The predicted octanol–water partition coefficient (Wildman–Crippen LogP) is 7.85. The molecule has 55 heavy (non-hydrogen) atoms. The van der Waals surface area contributed by atoms with Gasteiger partial charge < -0.3 is 30.1 Å². The number of rotatable bonds is 8. The molecule has 0 spiro atoms. The highest BCUT2D eigenvalue weighted by Gasteiger charge is 2.48. The maximum atomic E-state index is 14.2. The molecule has 11 nitrogen and oxygen atoms in total. The van der Waals surface area contributed by atoms with Gasteiger partial charge in [-0.2, -0.15) is 26.3 Å². The molecule has 0 aliphatic carbocycles. The molecule has 4 aromatic rings. The molecule has 1 unspecified atom stereocenters. The van der Waals surface area contributed by atoms with Gasteiger partial charge in [0.1, 0.15) is 18.2 Å². The highest BCUT2D eigenvalue weighted by atomic mass is 19.4. The molecule has 2 aliphatic heterocycles. The minimum absolute atomic E-state index is 0.0465. The average molecular weight is 773 g/mol. The molecular formula is C38H38F6N6O5. The van der Waals surface area contributed by atoms with E-state index >= 15 is 0 Å². The number of methoxy groups -OCH3 is 1. The number of anilines is 2. The third kappa shape index (κ3) is 8.26. The Labute approximate surface area is 312 Å². The number of piperazine rings is 1. The van der Waals surface area contributed by atoms with E-state index in [1.165, 1.54) is 37.7 Å². The van der Waals surface area contributed by atoms with Crippen molar-refractivity contribution >= 4 is 23.6 Å². The van der Waals surface area contributed by atoms with Crippen molar-refractivity contribution in [1.82, 2.24) is 14.9 Å². The number of ether oxygens (including phenoxy) is 2. The predicted molar refractivity (Wildman–Crippen MR) is 189 cm³/mol. The minimum Gasteiger partial charge on any atom is -0.497 e. The Kier molecular flexibility index (Phi) is 10.9. The van der Waals surface area contributed by atoms with Crippen molar-refractivity contribution < 1.29 is 50.5 Å². The van der Waals surface area contributed by atoms with Gasteiger partial charge in [0.2, 0.25) is 0 Å². The van der Waals surface area contributed by atoms with Crippen molar-refractivity contribution in [1.29, 1.82) is 0 Å². The molecule has 1 saturated heterocycles. The summed E-state index contributed by atoms with van der Waals surface area (Å²) in [5, 5.41) is 10.3. The standard InChI is InChI=1S/C38H38F6N6O5/c1-3-36(45)19-30(29-18-28(54-2)9-10-31(29)50(36)34(51)52)32(24-15-25(37(39,40)41)17-26(16-24)38(42,43)44)33-46-20-27(21-47-33)48-11-13-49(14-12-48)35(53)55-22-23-7-5-4-6-8-23/h4-10,15-18,20-21,30,32H,3,11-14,19,22,45H2,1-2H3,(H,51,52)/t30-,32?,36-/m1/s1. The normalized spacial score (nSPS) is 19.4. The summed E-state index contributed by atoms with van der Waals surface area (Å²) in [5.41, 5.74) is 3.38. The molecule has 0 bridgehead atoms. The number of alkyl halides is 6. The van der Waals surface area contributed by atoms with E-state index < -0.39 is 58.7 Å². The van der Waals surface area contributed by atoms with Crippen LogP contribution in [0.25, 0.3) is 0 Å². The maximum absolute atomic E-state index is 14.2. The molecule has 3 N–H and O–H groups in total. The summed E-state index contributed by atoms with van der Waals surface area (Å²) in [6.07, 6.45) is -9.48. The maximum Gasteiger partial charge on any atom is 0.416 e. The van der Waals surface area contributed by atoms with Gasteiger partial charge in [0, 0.05) is 32.1 Å². The molecular weight excluding hydrogens is 734 g/mol. The second-order valence-electron chi connectivity index (χ2n) is 13.4. The fraction of sp³-hybridized carbons (Fsp3) is 0.368. The van der Waals surface area contributed by atoms with Crippen LogP contribution >= 0.6 is 0 Å². The smallest absolute Gasteiger partial charge is 0.416 e. The number of nitrogens with zero attached hydrogens (tertiary/aromatic N) is 5. The molecule has 292 valence electrons. The van der Waals surface area contributed by atoms with E-state index in [4.69, 9.17) is 15.2 Å². The van der Waals surface area contributed by atoms with Gasteiger partial charge in [0.05, 0.1) is 53.6 Å². The number of hydrogen-bond acceptors (Lipinski definition) is 8. The van der Waals surface area contributed by atoms with Crippen molar-refractivity contribution in [3.63, 3.8) is 0 Å². The zero-order chi connectivity index (χ0) is 39.7. The third-order valence-corrected chi connectivity index (χ3v) is 10.1. The van der Waals surface area contributed by atoms with Crippen LogP contribution in [0.4, 0.5) is 47.3 Å². The van der Waals surface area contributed by atoms with Crippen molar-refractivity contribution in [3.05, 3.63) is 113 Å². The summed E-state index contributed by atoms with van der Waals surface area (Å²) >= 11 is 0. The number of hydrogen-bond donors (Lipinski definition) is 2. The number of carbonyl (C=O) groups excluding carboxylic acids is 1. The summed E-state index contributed by atoms with van der Waals surface area (Å²) in [6.45, 7) is 3.08. The number of carbonyl (C=O) groups is 2. The Morgan fingerprint density at radius 2 is 1.55 bits per heavy atom. The lowest BCUT2D eigenvalue weighted by Crippen LogP contribution is -2.61. The van der Waals surface area contributed by atoms with Gasteiger partial charge in [-0.1, -0.05) is 37.3 Å². The van der Waals surface area contributed by atoms with Crippen LogP contribution in [0, 0.1) is 0 Å². The zero-order valence-electron chi connectivity index (χ0n) is 29.8.